The first-order chi connectivity index (χ1) is 9.71. The lowest BCUT2D eigenvalue weighted by Gasteiger charge is -2.37. The van der Waals surface area contributed by atoms with Crippen LogP contribution < -0.4 is 4.90 Å². The topological polar surface area (TPSA) is 3.24 Å². The standard InChI is InChI=1S/C17H25BrFN/c1-2-20(16-10-6-5-9-15(16)19)14-17(13-18)11-7-3-4-8-12-17/h5-6,9-10H,2-4,7-8,11-14H2,1H3. The van der Waals surface area contributed by atoms with Crippen molar-refractivity contribution in [3.8, 4) is 0 Å². The van der Waals surface area contributed by atoms with Crippen LogP contribution in [0.4, 0.5) is 10.1 Å². The van der Waals surface area contributed by atoms with Crippen molar-refractivity contribution in [1.29, 1.82) is 0 Å². The van der Waals surface area contributed by atoms with E-state index in [9.17, 15) is 4.39 Å². The monoisotopic (exact) mass is 341 g/mol. The van der Waals surface area contributed by atoms with Crippen LogP contribution in [0.5, 0.6) is 0 Å². The first-order valence-corrected chi connectivity index (χ1v) is 8.88. The van der Waals surface area contributed by atoms with Crippen molar-refractivity contribution < 1.29 is 4.39 Å². The van der Waals surface area contributed by atoms with E-state index in [4.69, 9.17) is 0 Å². The van der Waals surface area contributed by atoms with E-state index in [2.05, 4.69) is 27.8 Å². The Hall–Kier alpha value is -0.570. The molecule has 0 unspecified atom stereocenters. The Morgan fingerprint density at radius 2 is 1.80 bits per heavy atom. The maximum Gasteiger partial charge on any atom is 0.146 e. The molecule has 0 aliphatic heterocycles. The molecule has 0 amide bonds. The van der Waals surface area contributed by atoms with Gasteiger partial charge in [-0.25, -0.2) is 4.39 Å². The summed E-state index contributed by atoms with van der Waals surface area (Å²) < 4.78 is 14.0. The molecule has 0 saturated heterocycles. The summed E-state index contributed by atoms with van der Waals surface area (Å²) in [6, 6.07) is 7.15. The highest BCUT2D eigenvalue weighted by Crippen LogP contribution is 2.38. The summed E-state index contributed by atoms with van der Waals surface area (Å²) in [7, 11) is 0. The van der Waals surface area contributed by atoms with Gasteiger partial charge < -0.3 is 4.90 Å². The minimum atomic E-state index is -0.104. The SMILES string of the molecule is CCN(CC1(CBr)CCCCCC1)c1ccccc1F. The molecule has 1 aliphatic carbocycles. The Balaban J connectivity index is 2.17. The van der Waals surface area contributed by atoms with E-state index in [0.29, 0.717) is 5.41 Å². The van der Waals surface area contributed by atoms with E-state index in [-0.39, 0.29) is 5.82 Å². The van der Waals surface area contributed by atoms with Gasteiger partial charge in [0.15, 0.2) is 0 Å². The molecule has 1 aromatic rings. The van der Waals surface area contributed by atoms with Crippen LogP contribution >= 0.6 is 15.9 Å². The molecule has 20 heavy (non-hydrogen) atoms. The Morgan fingerprint density at radius 3 is 2.35 bits per heavy atom. The Bertz CT molecular complexity index is 413. The lowest BCUT2D eigenvalue weighted by molar-refractivity contribution is 0.291. The molecule has 0 heterocycles. The maximum atomic E-state index is 14.0. The van der Waals surface area contributed by atoms with E-state index >= 15 is 0 Å². The van der Waals surface area contributed by atoms with Crippen molar-refractivity contribution in [2.45, 2.75) is 45.4 Å². The Labute approximate surface area is 130 Å². The first-order valence-electron chi connectivity index (χ1n) is 7.76. The van der Waals surface area contributed by atoms with E-state index in [1.165, 1.54) is 38.5 Å². The van der Waals surface area contributed by atoms with Crippen molar-refractivity contribution >= 4 is 21.6 Å². The molecule has 0 N–H and O–H groups in total. The zero-order valence-corrected chi connectivity index (χ0v) is 14.0. The van der Waals surface area contributed by atoms with Crippen LogP contribution in [-0.2, 0) is 0 Å². The van der Waals surface area contributed by atoms with Gasteiger partial charge in [-0.2, -0.15) is 0 Å². The molecule has 1 aliphatic rings. The molecule has 0 atom stereocenters. The molecule has 0 spiro atoms. The molecule has 0 bridgehead atoms. The van der Waals surface area contributed by atoms with Crippen LogP contribution in [0.1, 0.15) is 45.4 Å². The highest BCUT2D eigenvalue weighted by Gasteiger charge is 2.32. The minimum absolute atomic E-state index is 0.104. The van der Waals surface area contributed by atoms with Gasteiger partial charge in [-0.1, -0.05) is 53.7 Å². The zero-order chi connectivity index (χ0) is 14.4. The normalized spacial score (nSPS) is 18.6. The molecule has 0 radical (unpaired) electrons. The highest BCUT2D eigenvalue weighted by atomic mass is 79.9. The van der Waals surface area contributed by atoms with Gasteiger partial charge in [-0.15, -0.1) is 0 Å². The van der Waals surface area contributed by atoms with E-state index in [1.807, 2.05) is 12.1 Å². The highest BCUT2D eigenvalue weighted by molar-refractivity contribution is 9.09. The number of halogens is 2. The van der Waals surface area contributed by atoms with E-state index < -0.39 is 0 Å². The number of hydrogen-bond donors (Lipinski definition) is 0. The zero-order valence-electron chi connectivity index (χ0n) is 12.4. The van der Waals surface area contributed by atoms with Crippen LogP contribution in [0.3, 0.4) is 0 Å². The molecule has 3 heteroatoms. The van der Waals surface area contributed by atoms with Gasteiger partial charge in [0.2, 0.25) is 0 Å². The van der Waals surface area contributed by atoms with Gasteiger partial charge in [0.1, 0.15) is 5.82 Å². The van der Waals surface area contributed by atoms with E-state index in [1.54, 1.807) is 12.1 Å². The molecule has 0 aromatic heterocycles. The van der Waals surface area contributed by atoms with Crippen LogP contribution in [0.15, 0.2) is 24.3 Å². The third kappa shape index (κ3) is 3.75. The fourth-order valence-corrected chi connectivity index (χ4v) is 4.03. The molecule has 1 fully saturated rings. The number of rotatable bonds is 5. The largest absolute Gasteiger partial charge is 0.369 e. The number of hydrogen-bond acceptors (Lipinski definition) is 1. The number of anilines is 1. The summed E-state index contributed by atoms with van der Waals surface area (Å²) in [5, 5.41) is 1.02. The summed E-state index contributed by atoms with van der Waals surface area (Å²) in [4.78, 5) is 2.21. The molecule has 2 rings (SSSR count). The third-order valence-corrected chi connectivity index (χ3v) is 5.74. The van der Waals surface area contributed by atoms with Crippen LogP contribution in [-0.4, -0.2) is 18.4 Å². The van der Waals surface area contributed by atoms with Gasteiger partial charge >= 0.3 is 0 Å². The second-order valence-corrected chi connectivity index (χ2v) is 6.57. The molecule has 1 aromatic carbocycles. The fraction of sp³-hybridized carbons (Fsp3) is 0.647. The third-order valence-electron chi connectivity index (χ3n) is 4.55. The summed E-state index contributed by atoms with van der Waals surface area (Å²) in [5.74, 6) is -0.104. The molecule has 1 saturated carbocycles. The minimum Gasteiger partial charge on any atom is -0.369 e. The Morgan fingerprint density at radius 1 is 1.15 bits per heavy atom. The molecular weight excluding hydrogens is 317 g/mol. The van der Waals surface area contributed by atoms with Crippen molar-refractivity contribution in [2.24, 2.45) is 5.41 Å². The second-order valence-electron chi connectivity index (χ2n) is 6.01. The predicted molar refractivity (Wildman–Crippen MR) is 88.2 cm³/mol. The predicted octanol–water partition coefficient (Wildman–Crippen LogP) is 5.39. The number of alkyl halides is 1. The number of nitrogens with zero attached hydrogens (tertiary/aromatic N) is 1. The molecule has 1 nitrogen and oxygen atoms in total. The maximum absolute atomic E-state index is 14.0. The smallest absolute Gasteiger partial charge is 0.146 e. The lowest BCUT2D eigenvalue weighted by Crippen LogP contribution is -2.39. The van der Waals surface area contributed by atoms with Crippen molar-refractivity contribution in [3.05, 3.63) is 30.1 Å². The summed E-state index contributed by atoms with van der Waals surface area (Å²) in [5.41, 5.74) is 1.05. The second kappa shape index (κ2) is 7.44. The van der Waals surface area contributed by atoms with E-state index in [0.717, 1.165) is 24.1 Å². The van der Waals surface area contributed by atoms with Gasteiger partial charge in [0, 0.05) is 18.4 Å². The fourth-order valence-electron chi connectivity index (χ4n) is 3.29. The first kappa shape index (κ1) is 15.8. The quantitative estimate of drug-likeness (QED) is 0.512. The summed E-state index contributed by atoms with van der Waals surface area (Å²) in [6.45, 7) is 3.93. The van der Waals surface area contributed by atoms with Crippen molar-refractivity contribution in [1.82, 2.24) is 0 Å². The van der Waals surface area contributed by atoms with Gasteiger partial charge in [-0.05, 0) is 37.3 Å². The lowest BCUT2D eigenvalue weighted by atomic mass is 9.82. The summed E-state index contributed by atoms with van der Waals surface area (Å²) >= 11 is 3.73. The number of benzene rings is 1. The van der Waals surface area contributed by atoms with Crippen molar-refractivity contribution in [3.63, 3.8) is 0 Å². The molecular formula is C17H25BrFN. The molecule has 112 valence electrons. The Kier molecular flexibility index (Phi) is 5.88. The van der Waals surface area contributed by atoms with Gasteiger partial charge in [0.05, 0.1) is 5.69 Å². The van der Waals surface area contributed by atoms with Gasteiger partial charge in [-0.3, -0.25) is 0 Å². The van der Waals surface area contributed by atoms with Gasteiger partial charge in [0.25, 0.3) is 0 Å². The average molecular weight is 342 g/mol. The number of para-hydroxylation sites is 1. The van der Waals surface area contributed by atoms with Crippen LogP contribution in [0.25, 0.3) is 0 Å². The average Bonchev–Trinajstić information content (AvgIpc) is 2.72. The van der Waals surface area contributed by atoms with Crippen LogP contribution in [0.2, 0.25) is 0 Å². The van der Waals surface area contributed by atoms with Crippen LogP contribution in [0, 0.1) is 11.2 Å². The van der Waals surface area contributed by atoms with Crippen molar-refractivity contribution in [2.75, 3.05) is 23.3 Å². The summed E-state index contributed by atoms with van der Waals surface area (Å²) in [6.07, 6.45) is 7.81.